The monoisotopic (exact) mass is 359 g/mol. The topological polar surface area (TPSA) is 81.7 Å². The zero-order valence-electron chi connectivity index (χ0n) is 15.8. The third kappa shape index (κ3) is 3.43. The van der Waals surface area contributed by atoms with Gasteiger partial charge in [-0.15, -0.1) is 0 Å². The molecule has 2 aliphatic rings. The van der Waals surface area contributed by atoms with Crippen LogP contribution in [-0.2, 0) is 10.2 Å². The zero-order chi connectivity index (χ0) is 18.9. The molecular formula is C20H29N3O3. The number of hydrogen-bond donors (Lipinski definition) is 3. The van der Waals surface area contributed by atoms with Crippen LogP contribution in [-0.4, -0.2) is 48.1 Å². The lowest BCUT2D eigenvalue weighted by molar-refractivity contribution is -0.123. The number of likely N-dealkylation sites (tertiary alicyclic amines) is 1. The quantitative estimate of drug-likeness (QED) is 0.719. The molecule has 3 atom stereocenters. The first-order valence-electron chi connectivity index (χ1n) is 9.41. The van der Waals surface area contributed by atoms with Crippen molar-refractivity contribution in [3.05, 3.63) is 29.3 Å². The summed E-state index contributed by atoms with van der Waals surface area (Å²) in [5.74, 6) is 0.233. The molecule has 0 spiro atoms. The smallest absolute Gasteiger partial charge is 0.321 e. The molecule has 2 aliphatic heterocycles. The standard InChI is InChI=1S/C20H29N3O3/c1-13-6-7-15(24)11-17(13)20-8-10-23(3)14(2)16(20)5-4-9-21-19(26)22-18(25)12-20/h6-7,11,14,16,24H,4-5,8-10,12H2,1-3H3,(H2,21,22,25,26)/t14-,16+,20+/m1/s1. The van der Waals surface area contributed by atoms with Crippen molar-refractivity contribution in [2.75, 3.05) is 20.1 Å². The number of phenolic OH excluding ortho intramolecular Hbond substituents is 1. The van der Waals surface area contributed by atoms with Crippen molar-refractivity contribution in [2.45, 2.75) is 51.0 Å². The van der Waals surface area contributed by atoms with Crippen LogP contribution in [0.1, 0.15) is 43.7 Å². The molecule has 1 aromatic rings. The van der Waals surface area contributed by atoms with E-state index in [0.29, 0.717) is 12.6 Å². The lowest BCUT2D eigenvalue weighted by atomic mass is 9.59. The third-order valence-electron chi connectivity index (χ3n) is 6.36. The average Bonchev–Trinajstić information content (AvgIpc) is 2.59. The van der Waals surface area contributed by atoms with Crippen LogP contribution in [0.4, 0.5) is 4.79 Å². The molecule has 2 saturated heterocycles. The van der Waals surface area contributed by atoms with E-state index in [1.54, 1.807) is 6.07 Å². The Kier molecular flexibility index (Phi) is 5.23. The Morgan fingerprint density at radius 3 is 2.85 bits per heavy atom. The molecule has 142 valence electrons. The summed E-state index contributed by atoms with van der Waals surface area (Å²) in [7, 11) is 2.13. The van der Waals surface area contributed by atoms with Crippen LogP contribution >= 0.6 is 0 Å². The second-order valence-electron chi connectivity index (χ2n) is 7.86. The highest BCUT2D eigenvalue weighted by Crippen LogP contribution is 2.48. The fourth-order valence-corrected chi connectivity index (χ4v) is 4.87. The molecule has 0 aliphatic carbocycles. The van der Waals surface area contributed by atoms with Gasteiger partial charge in [-0.2, -0.15) is 0 Å². The van der Waals surface area contributed by atoms with Gasteiger partial charge in [-0.1, -0.05) is 6.07 Å². The summed E-state index contributed by atoms with van der Waals surface area (Å²) in [4.78, 5) is 26.9. The summed E-state index contributed by atoms with van der Waals surface area (Å²) in [6.07, 6.45) is 2.88. The molecule has 0 radical (unpaired) electrons. The van der Waals surface area contributed by atoms with Crippen LogP contribution in [0.2, 0.25) is 0 Å². The number of benzene rings is 1. The molecule has 2 heterocycles. The Morgan fingerprint density at radius 1 is 1.31 bits per heavy atom. The SMILES string of the molecule is Cc1ccc(O)cc1[C@]12CCN(C)[C@H](C)[C@@H]1CCCNC(=O)NC(=O)C2. The second-order valence-corrected chi connectivity index (χ2v) is 7.86. The normalized spacial score (nSPS) is 30.9. The van der Waals surface area contributed by atoms with Crippen molar-refractivity contribution in [3.8, 4) is 5.75 Å². The maximum atomic E-state index is 12.7. The number of rotatable bonds is 1. The van der Waals surface area contributed by atoms with E-state index in [0.717, 1.165) is 36.9 Å². The summed E-state index contributed by atoms with van der Waals surface area (Å²) in [6, 6.07) is 5.32. The number of amides is 3. The summed E-state index contributed by atoms with van der Waals surface area (Å²) < 4.78 is 0. The van der Waals surface area contributed by atoms with Crippen LogP contribution in [0.5, 0.6) is 5.75 Å². The predicted molar refractivity (Wildman–Crippen MR) is 100 cm³/mol. The number of aryl methyl sites for hydroxylation is 1. The van der Waals surface area contributed by atoms with Gasteiger partial charge in [-0.25, -0.2) is 4.79 Å². The molecule has 1 aromatic carbocycles. The van der Waals surface area contributed by atoms with Crippen molar-refractivity contribution in [3.63, 3.8) is 0 Å². The number of urea groups is 1. The number of hydrogen-bond acceptors (Lipinski definition) is 4. The van der Waals surface area contributed by atoms with E-state index in [-0.39, 0.29) is 29.4 Å². The highest BCUT2D eigenvalue weighted by Gasteiger charge is 2.49. The van der Waals surface area contributed by atoms with E-state index in [1.165, 1.54) is 0 Å². The predicted octanol–water partition coefficient (Wildman–Crippen LogP) is 2.29. The van der Waals surface area contributed by atoms with Crippen molar-refractivity contribution in [2.24, 2.45) is 5.92 Å². The largest absolute Gasteiger partial charge is 0.508 e. The Labute approximate surface area is 155 Å². The number of imide groups is 1. The third-order valence-corrected chi connectivity index (χ3v) is 6.36. The van der Waals surface area contributed by atoms with Crippen LogP contribution in [0.3, 0.4) is 0 Å². The molecule has 0 bridgehead atoms. The minimum Gasteiger partial charge on any atom is -0.508 e. The Balaban J connectivity index is 2.12. The summed E-state index contributed by atoms with van der Waals surface area (Å²) in [6.45, 7) is 5.69. The molecule has 3 rings (SSSR count). The molecule has 6 nitrogen and oxygen atoms in total. The summed E-state index contributed by atoms with van der Waals surface area (Å²) in [5.41, 5.74) is 1.74. The van der Waals surface area contributed by atoms with Crippen LogP contribution in [0.25, 0.3) is 0 Å². The molecule has 0 aromatic heterocycles. The van der Waals surface area contributed by atoms with Crippen molar-refractivity contribution in [1.29, 1.82) is 0 Å². The number of carbonyl (C=O) groups excluding carboxylic acids is 2. The van der Waals surface area contributed by atoms with Gasteiger partial charge in [0.1, 0.15) is 5.75 Å². The molecule has 6 heteroatoms. The van der Waals surface area contributed by atoms with E-state index < -0.39 is 6.03 Å². The number of nitrogens with one attached hydrogen (secondary N) is 2. The maximum absolute atomic E-state index is 12.7. The molecule has 0 saturated carbocycles. The van der Waals surface area contributed by atoms with Gasteiger partial charge in [0, 0.05) is 24.4 Å². The second kappa shape index (κ2) is 7.27. The first kappa shape index (κ1) is 18.7. The van der Waals surface area contributed by atoms with Gasteiger partial charge >= 0.3 is 6.03 Å². The van der Waals surface area contributed by atoms with Gasteiger partial charge in [0.25, 0.3) is 0 Å². The highest BCUT2D eigenvalue weighted by atomic mass is 16.3. The summed E-state index contributed by atoms with van der Waals surface area (Å²) >= 11 is 0. The molecule has 3 N–H and O–H groups in total. The zero-order valence-corrected chi connectivity index (χ0v) is 15.8. The van der Waals surface area contributed by atoms with Gasteiger partial charge in [-0.05, 0) is 75.9 Å². The Bertz CT molecular complexity index is 706. The highest BCUT2D eigenvalue weighted by molar-refractivity contribution is 5.95. The summed E-state index contributed by atoms with van der Waals surface area (Å²) in [5, 5.41) is 15.4. The number of nitrogens with zero attached hydrogens (tertiary/aromatic N) is 1. The van der Waals surface area contributed by atoms with Gasteiger partial charge in [0.15, 0.2) is 0 Å². The Morgan fingerprint density at radius 2 is 2.08 bits per heavy atom. The van der Waals surface area contributed by atoms with Gasteiger partial charge < -0.3 is 15.3 Å². The average molecular weight is 359 g/mol. The number of aromatic hydroxyl groups is 1. The molecule has 26 heavy (non-hydrogen) atoms. The van der Waals surface area contributed by atoms with E-state index >= 15 is 0 Å². The van der Waals surface area contributed by atoms with Crippen molar-refractivity contribution < 1.29 is 14.7 Å². The van der Waals surface area contributed by atoms with E-state index in [4.69, 9.17) is 0 Å². The van der Waals surface area contributed by atoms with Crippen LogP contribution in [0, 0.1) is 12.8 Å². The van der Waals surface area contributed by atoms with E-state index in [1.807, 2.05) is 19.1 Å². The number of fused-ring (bicyclic) bond motifs is 1. The molecule has 3 amide bonds. The fraction of sp³-hybridized carbons (Fsp3) is 0.600. The van der Waals surface area contributed by atoms with E-state index in [2.05, 4.69) is 29.5 Å². The lowest BCUT2D eigenvalue weighted by Crippen LogP contribution is -2.56. The minimum absolute atomic E-state index is 0.223. The number of piperidine rings is 1. The molecule has 0 unspecified atom stereocenters. The first-order valence-corrected chi connectivity index (χ1v) is 9.41. The number of carbonyl (C=O) groups is 2. The Hall–Kier alpha value is -2.08. The first-order chi connectivity index (χ1) is 12.3. The fourth-order valence-electron chi connectivity index (χ4n) is 4.87. The van der Waals surface area contributed by atoms with Gasteiger partial charge in [0.2, 0.25) is 5.91 Å². The molecule has 2 fully saturated rings. The van der Waals surface area contributed by atoms with Crippen LogP contribution in [0.15, 0.2) is 18.2 Å². The van der Waals surface area contributed by atoms with Gasteiger partial charge in [0.05, 0.1) is 0 Å². The van der Waals surface area contributed by atoms with Crippen molar-refractivity contribution >= 4 is 11.9 Å². The minimum atomic E-state index is -0.419. The lowest BCUT2D eigenvalue weighted by Gasteiger charge is -2.52. The molecular weight excluding hydrogens is 330 g/mol. The van der Waals surface area contributed by atoms with Gasteiger partial charge in [-0.3, -0.25) is 10.1 Å². The van der Waals surface area contributed by atoms with E-state index in [9.17, 15) is 14.7 Å². The van der Waals surface area contributed by atoms with Crippen LogP contribution < -0.4 is 10.6 Å². The van der Waals surface area contributed by atoms with Crippen molar-refractivity contribution in [1.82, 2.24) is 15.5 Å². The number of phenols is 1. The maximum Gasteiger partial charge on any atom is 0.321 e.